The molecule has 4 rings (SSSR count). The highest BCUT2D eigenvalue weighted by atomic mass is 19.1. The third kappa shape index (κ3) is 2.12. The largest absolute Gasteiger partial charge is 0.387 e. The topological polar surface area (TPSA) is 69.2 Å². The van der Waals surface area contributed by atoms with Crippen LogP contribution >= 0.6 is 0 Å². The zero-order chi connectivity index (χ0) is 17.9. The first-order valence-corrected chi connectivity index (χ1v) is 8.18. The van der Waals surface area contributed by atoms with Gasteiger partial charge in [-0.1, -0.05) is 12.1 Å². The Labute approximate surface area is 142 Å². The molecular weight excluding hydrogens is 325 g/mol. The second-order valence-electron chi connectivity index (χ2n) is 6.48. The lowest BCUT2D eigenvalue weighted by molar-refractivity contribution is 0.140. The molecule has 0 amide bonds. The smallest absolute Gasteiger partial charge is 0.331 e. The van der Waals surface area contributed by atoms with Crippen molar-refractivity contribution in [2.45, 2.75) is 25.5 Å². The molecule has 130 valence electrons. The average Bonchev–Trinajstić information content (AvgIpc) is 2.94. The molecule has 1 atom stereocenters. The SMILES string of the molecule is Cn1c(=O)c2c(-c3cccc(F)c3)n3c(c2n(C)c1=O)C(O)CCC3. The maximum absolute atomic E-state index is 13.8. The van der Waals surface area contributed by atoms with Crippen molar-refractivity contribution < 1.29 is 9.50 Å². The Hall–Kier alpha value is -2.67. The zero-order valence-electron chi connectivity index (χ0n) is 14.0. The van der Waals surface area contributed by atoms with Gasteiger partial charge in [0.2, 0.25) is 0 Å². The molecule has 0 aliphatic carbocycles. The van der Waals surface area contributed by atoms with Gasteiger partial charge in [-0.15, -0.1) is 0 Å². The van der Waals surface area contributed by atoms with Crippen LogP contribution < -0.4 is 11.2 Å². The first-order chi connectivity index (χ1) is 11.9. The number of aromatic nitrogens is 3. The van der Waals surface area contributed by atoms with Crippen LogP contribution in [0.2, 0.25) is 0 Å². The molecule has 3 aromatic rings. The molecule has 1 aliphatic rings. The molecule has 0 saturated carbocycles. The third-order valence-electron chi connectivity index (χ3n) is 4.98. The summed E-state index contributed by atoms with van der Waals surface area (Å²) in [6.45, 7) is 0.601. The van der Waals surface area contributed by atoms with Crippen molar-refractivity contribution in [3.8, 4) is 11.3 Å². The predicted octanol–water partition coefficient (Wildman–Crippen LogP) is 1.67. The van der Waals surface area contributed by atoms with E-state index >= 15 is 0 Å². The molecule has 25 heavy (non-hydrogen) atoms. The summed E-state index contributed by atoms with van der Waals surface area (Å²) >= 11 is 0. The fraction of sp³-hybridized carbons (Fsp3) is 0.333. The summed E-state index contributed by atoms with van der Waals surface area (Å²) in [6.07, 6.45) is 0.535. The molecule has 0 fully saturated rings. The van der Waals surface area contributed by atoms with E-state index in [1.54, 1.807) is 19.2 Å². The van der Waals surface area contributed by atoms with Crippen LogP contribution in [0.25, 0.3) is 22.2 Å². The fourth-order valence-corrected chi connectivity index (χ4v) is 3.83. The van der Waals surface area contributed by atoms with Gasteiger partial charge < -0.3 is 9.67 Å². The van der Waals surface area contributed by atoms with Gasteiger partial charge in [0.25, 0.3) is 5.56 Å². The highest BCUT2D eigenvalue weighted by molar-refractivity contribution is 5.96. The highest BCUT2D eigenvalue weighted by Crippen LogP contribution is 2.38. The van der Waals surface area contributed by atoms with Crippen molar-refractivity contribution in [2.75, 3.05) is 0 Å². The maximum atomic E-state index is 13.8. The van der Waals surface area contributed by atoms with Gasteiger partial charge in [0.1, 0.15) is 5.82 Å². The molecule has 0 saturated heterocycles. The summed E-state index contributed by atoms with van der Waals surface area (Å²) in [5.41, 5.74) is 1.21. The summed E-state index contributed by atoms with van der Waals surface area (Å²) in [5.74, 6) is -0.404. The van der Waals surface area contributed by atoms with E-state index in [-0.39, 0.29) is 0 Å². The maximum Gasteiger partial charge on any atom is 0.331 e. The van der Waals surface area contributed by atoms with E-state index in [9.17, 15) is 19.1 Å². The minimum Gasteiger partial charge on any atom is -0.387 e. The molecule has 6 nitrogen and oxygen atoms in total. The summed E-state index contributed by atoms with van der Waals surface area (Å²) in [7, 11) is 3.01. The number of aliphatic hydroxyl groups excluding tert-OH is 1. The number of aryl methyl sites for hydroxylation is 1. The summed E-state index contributed by atoms with van der Waals surface area (Å²) in [5, 5.41) is 10.9. The number of fused-ring (bicyclic) bond motifs is 3. The fourth-order valence-electron chi connectivity index (χ4n) is 3.83. The minimum atomic E-state index is -0.767. The summed E-state index contributed by atoms with van der Waals surface area (Å²) in [6, 6.07) is 6.03. The monoisotopic (exact) mass is 343 g/mol. The van der Waals surface area contributed by atoms with Crippen molar-refractivity contribution in [1.82, 2.24) is 13.7 Å². The first kappa shape index (κ1) is 15.8. The lowest BCUT2D eigenvalue weighted by Gasteiger charge is -2.23. The van der Waals surface area contributed by atoms with Crippen LogP contribution in [0.1, 0.15) is 24.6 Å². The van der Waals surface area contributed by atoms with Gasteiger partial charge in [0, 0.05) is 26.2 Å². The van der Waals surface area contributed by atoms with Gasteiger partial charge in [-0.2, -0.15) is 0 Å². The normalized spacial score (nSPS) is 17.0. The van der Waals surface area contributed by atoms with Gasteiger partial charge in [-0.3, -0.25) is 13.9 Å². The first-order valence-electron chi connectivity index (χ1n) is 8.18. The molecular formula is C18H18FN3O3. The number of rotatable bonds is 1. The number of hydrogen-bond donors (Lipinski definition) is 1. The molecule has 1 aliphatic heterocycles. The Morgan fingerprint density at radius 1 is 1.20 bits per heavy atom. The van der Waals surface area contributed by atoms with E-state index in [0.717, 1.165) is 11.0 Å². The molecule has 0 spiro atoms. The van der Waals surface area contributed by atoms with Crippen molar-refractivity contribution in [3.63, 3.8) is 0 Å². The Bertz CT molecular complexity index is 1120. The standard InChI is InChI=1S/C18H18FN3O3/c1-20-16-13(17(24)21(2)18(20)25)14(10-5-3-6-11(19)9-10)22-8-4-7-12(23)15(16)22/h3,5-6,9,12,23H,4,7-8H2,1-2H3. The summed E-state index contributed by atoms with van der Waals surface area (Å²) in [4.78, 5) is 25.2. The summed E-state index contributed by atoms with van der Waals surface area (Å²) < 4.78 is 18.1. The number of nitrogens with zero attached hydrogens (tertiary/aromatic N) is 3. The third-order valence-corrected chi connectivity index (χ3v) is 4.98. The molecule has 0 bridgehead atoms. The Morgan fingerprint density at radius 3 is 2.68 bits per heavy atom. The molecule has 0 radical (unpaired) electrons. The number of hydrogen-bond acceptors (Lipinski definition) is 3. The van der Waals surface area contributed by atoms with Gasteiger partial charge in [-0.25, -0.2) is 9.18 Å². The van der Waals surface area contributed by atoms with Crippen molar-refractivity contribution in [2.24, 2.45) is 14.1 Å². The van der Waals surface area contributed by atoms with Gasteiger partial charge in [0.05, 0.1) is 28.4 Å². The molecule has 1 N–H and O–H groups in total. The predicted molar refractivity (Wildman–Crippen MR) is 92.0 cm³/mol. The second kappa shape index (κ2) is 5.42. The highest BCUT2D eigenvalue weighted by Gasteiger charge is 2.30. The second-order valence-corrected chi connectivity index (χ2v) is 6.48. The van der Waals surface area contributed by atoms with E-state index in [4.69, 9.17) is 0 Å². The van der Waals surface area contributed by atoms with Crippen LogP contribution in [0.5, 0.6) is 0 Å². The average molecular weight is 343 g/mol. The van der Waals surface area contributed by atoms with E-state index in [2.05, 4.69) is 0 Å². The van der Waals surface area contributed by atoms with Crippen LogP contribution in [-0.4, -0.2) is 18.8 Å². The van der Waals surface area contributed by atoms with Crippen LogP contribution in [0, 0.1) is 5.82 Å². The Balaban J connectivity index is 2.27. The zero-order valence-corrected chi connectivity index (χ0v) is 14.0. The van der Waals surface area contributed by atoms with E-state index in [0.29, 0.717) is 40.8 Å². The molecule has 2 aromatic heterocycles. The number of benzene rings is 1. The van der Waals surface area contributed by atoms with Crippen LogP contribution in [0.3, 0.4) is 0 Å². The Morgan fingerprint density at radius 2 is 1.96 bits per heavy atom. The quantitative estimate of drug-likeness (QED) is 0.731. The minimum absolute atomic E-state index is 0.339. The number of aliphatic hydroxyl groups is 1. The van der Waals surface area contributed by atoms with Gasteiger partial charge in [-0.05, 0) is 25.0 Å². The van der Waals surface area contributed by atoms with Gasteiger partial charge >= 0.3 is 5.69 Å². The van der Waals surface area contributed by atoms with Crippen LogP contribution in [0.4, 0.5) is 4.39 Å². The molecule has 1 unspecified atom stereocenters. The van der Waals surface area contributed by atoms with E-state index < -0.39 is 23.2 Å². The van der Waals surface area contributed by atoms with E-state index in [1.807, 2.05) is 4.57 Å². The number of halogens is 1. The van der Waals surface area contributed by atoms with Crippen molar-refractivity contribution in [1.29, 1.82) is 0 Å². The lowest BCUT2D eigenvalue weighted by Crippen LogP contribution is -2.37. The van der Waals surface area contributed by atoms with Crippen molar-refractivity contribution in [3.05, 3.63) is 56.6 Å². The van der Waals surface area contributed by atoms with E-state index in [1.165, 1.54) is 23.7 Å². The molecule has 1 aromatic carbocycles. The van der Waals surface area contributed by atoms with Crippen LogP contribution in [-0.2, 0) is 20.6 Å². The Kier molecular flexibility index (Phi) is 3.43. The van der Waals surface area contributed by atoms with Gasteiger partial charge in [0.15, 0.2) is 0 Å². The molecule has 3 heterocycles. The van der Waals surface area contributed by atoms with Crippen LogP contribution in [0.15, 0.2) is 33.9 Å². The molecule has 7 heteroatoms. The van der Waals surface area contributed by atoms with Crippen molar-refractivity contribution >= 4 is 10.9 Å². The lowest BCUT2D eigenvalue weighted by atomic mass is 10.1.